The Morgan fingerprint density at radius 3 is 1.86 bits per heavy atom. The maximum atomic E-state index is 12.8. The number of aliphatic hydroxyl groups is 9. The van der Waals surface area contributed by atoms with Crippen molar-refractivity contribution in [2.75, 3.05) is 27.9 Å². The van der Waals surface area contributed by atoms with Crippen LogP contribution in [0.1, 0.15) is 99.3 Å². The van der Waals surface area contributed by atoms with Crippen LogP contribution in [-0.4, -0.2) is 219 Å². The summed E-state index contributed by atoms with van der Waals surface area (Å²) < 4.78 is 67.5. The third-order valence-corrected chi connectivity index (χ3v) is 18.1. The van der Waals surface area contributed by atoms with Crippen LogP contribution in [-0.2, 0) is 56.9 Å². The van der Waals surface area contributed by atoms with E-state index in [1.54, 1.807) is 27.9 Å². The molecule has 21 heteroatoms. The minimum Gasteiger partial charge on any atom is -0.394 e. The molecular weight excluding hydrogens is 913 g/mol. The molecular formula is C48H78O21. The monoisotopic (exact) mass is 991 g/mol. The second-order valence-corrected chi connectivity index (χ2v) is 21.5. The van der Waals surface area contributed by atoms with E-state index in [1.165, 1.54) is 21.1 Å². The number of fused-ring (bicyclic) bond motifs is 5. The van der Waals surface area contributed by atoms with Crippen LogP contribution in [0.25, 0.3) is 0 Å². The standard InChI is InChI=1S/C48H78O21/c1-21-38(67-33-18-28(60-8)39(22(2)63-33)68-43-37(55)41(61-9)40(23(3)64-43)69-42-36(54)35(53)34(52)29(20-49)66-42)27(59-7)17-32(62-21)65-26-11-12-44(5)25(16-26)10-13-47(57)30(44)19-31(51)45(6)46(56,24(4)50)14-15-48(45,47)58/h10,21-23,26-43,49,51-58H,11-20H2,1-9H3. The van der Waals surface area contributed by atoms with Crippen LogP contribution in [0.4, 0.5) is 0 Å². The lowest BCUT2D eigenvalue weighted by Crippen LogP contribution is -2.78. The zero-order valence-electron chi connectivity index (χ0n) is 41.2. The van der Waals surface area contributed by atoms with E-state index in [9.17, 15) is 50.8 Å². The fourth-order valence-electron chi connectivity index (χ4n) is 13.8. The van der Waals surface area contributed by atoms with E-state index in [1.807, 2.05) is 13.0 Å². The van der Waals surface area contributed by atoms with E-state index in [4.69, 9.17) is 52.1 Å². The number of ketones is 1. The summed E-state index contributed by atoms with van der Waals surface area (Å²) in [5.41, 5.74) is -6.68. The molecule has 8 aliphatic rings. The lowest BCUT2D eigenvalue weighted by molar-refractivity contribution is -0.373. The Morgan fingerprint density at radius 2 is 1.26 bits per heavy atom. The minimum atomic E-state index is -1.96. The van der Waals surface area contributed by atoms with Crippen LogP contribution < -0.4 is 0 Å². The van der Waals surface area contributed by atoms with Gasteiger partial charge in [-0.15, -0.1) is 0 Å². The highest BCUT2D eigenvalue weighted by Gasteiger charge is 2.80. The van der Waals surface area contributed by atoms with Gasteiger partial charge in [-0.05, 0) is 78.1 Å². The normalized spacial score (nSPS) is 54.5. The zero-order valence-corrected chi connectivity index (χ0v) is 41.2. The summed E-state index contributed by atoms with van der Waals surface area (Å²) in [5, 5.41) is 100. The lowest BCUT2D eigenvalue weighted by atomic mass is 9.42. The molecule has 0 bridgehead atoms. The van der Waals surface area contributed by atoms with Crippen LogP contribution in [0.3, 0.4) is 0 Å². The number of hydrogen-bond acceptors (Lipinski definition) is 21. The van der Waals surface area contributed by atoms with Gasteiger partial charge in [0.15, 0.2) is 30.9 Å². The molecule has 4 saturated heterocycles. The van der Waals surface area contributed by atoms with Crippen molar-refractivity contribution in [1.82, 2.24) is 0 Å². The molecule has 9 N–H and O–H groups in total. The van der Waals surface area contributed by atoms with E-state index >= 15 is 0 Å². The molecule has 396 valence electrons. The highest BCUT2D eigenvalue weighted by atomic mass is 16.8. The van der Waals surface area contributed by atoms with Crippen molar-refractivity contribution in [3.63, 3.8) is 0 Å². The molecule has 0 aromatic rings. The lowest BCUT2D eigenvalue weighted by Gasteiger charge is -2.66. The number of hydrogen-bond donors (Lipinski definition) is 9. The van der Waals surface area contributed by atoms with Crippen LogP contribution in [0.15, 0.2) is 11.6 Å². The van der Waals surface area contributed by atoms with Crippen LogP contribution in [0.5, 0.6) is 0 Å². The molecule has 3 saturated carbocycles. The zero-order chi connectivity index (χ0) is 50.3. The summed E-state index contributed by atoms with van der Waals surface area (Å²) in [6, 6.07) is 0. The van der Waals surface area contributed by atoms with Gasteiger partial charge in [0.1, 0.15) is 71.7 Å². The first kappa shape index (κ1) is 53.9. The molecule has 4 aliphatic carbocycles. The Labute approximate surface area is 403 Å². The van der Waals surface area contributed by atoms with Gasteiger partial charge in [-0.1, -0.05) is 25.5 Å². The van der Waals surface area contributed by atoms with E-state index in [-0.39, 0.29) is 38.2 Å². The summed E-state index contributed by atoms with van der Waals surface area (Å²) in [5.74, 6) is -1.06. The molecule has 4 heterocycles. The molecule has 8 rings (SSSR count). The smallest absolute Gasteiger partial charge is 0.187 e. The summed E-state index contributed by atoms with van der Waals surface area (Å²) >= 11 is 0. The molecule has 0 radical (unpaired) electrons. The van der Waals surface area contributed by atoms with Crippen molar-refractivity contribution >= 4 is 5.78 Å². The Hall–Kier alpha value is -1.39. The van der Waals surface area contributed by atoms with Gasteiger partial charge in [-0.3, -0.25) is 4.79 Å². The average Bonchev–Trinajstić information content (AvgIpc) is 3.55. The minimum absolute atomic E-state index is 0.0128. The van der Waals surface area contributed by atoms with E-state index in [2.05, 4.69) is 6.92 Å². The first-order chi connectivity index (χ1) is 32.5. The van der Waals surface area contributed by atoms with Gasteiger partial charge in [0, 0.05) is 40.1 Å². The van der Waals surface area contributed by atoms with Gasteiger partial charge in [0.05, 0.1) is 54.7 Å². The highest BCUT2D eigenvalue weighted by molar-refractivity contribution is 5.87. The maximum Gasteiger partial charge on any atom is 0.187 e. The van der Waals surface area contributed by atoms with Gasteiger partial charge in [-0.2, -0.15) is 0 Å². The molecule has 0 spiro atoms. The van der Waals surface area contributed by atoms with Gasteiger partial charge >= 0.3 is 0 Å². The molecule has 26 atom stereocenters. The summed E-state index contributed by atoms with van der Waals surface area (Å²) in [7, 11) is 4.49. The molecule has 69 heavy (non-hydrogen) atoms. The second-order valence-electron chi connectivity index (χ2n) is 21.5. The quantitative estimate of drug-likeness (QED) is 0.102. The molecule has 26 unspecified atom stereocenters. The predicted octanol–water partition coefficient (Wildman–Crippen LogP) is -0.769. The molecule has 0 aromatic heterocycles. The number of methoxy groups -OCH3 is 3. The van der Waals surface area contributed by atoms with Gasteiger partial charge in [-0.25, -0.2) is 0 Å². The Kier molecular flexibility index (Phi) is 15.7. The van der Waals surface area contributed by atoms with Crippen molar-refractivity contribution in [2.24, 2.45) is 16.7 Å². The Balaban J connectivity index is 0.859. The topological polar surface area (TPSA) is 301 Å². The number of carbonyl (C=O) groups is 1. The molecule has 4 aliphatic heterocycles. The SMILES string of the molecule is COC1CC(OC2CCC3(C)C(=CCC4(O)C3CC(O)C3(C)C(O)(C(C)=O)CCC43O)C2)OC(C)C1OC1CC(OC)C(OC2OC(C)C(OC3OC(CO)C(O)C(O)C3O)C(OC)C2O)C(C)O1. The third kappa shape index (κ3) is 8.72. The molecule has 21 nitrogen and oxygen atoms in total. The van der Waals surface area contributed by atoms with Crippen LogP contribution in [0, 0.1) is 16.7 Å². The number of rotatable bonds is 13. The van der Waals surface area contributed by atoms with Gasteiger partial charge < -0.3 is 98.1 Å². The van der Waals surface area contributed by atoms with E-state index in [0.717, 1.165) is 5.57 Å². The van der Waals surface area contributed by atoms with Crippen molar-refractivity contribution in [3.05, 3.63) is 11.6 Å². The van der Waals surface area contributed by atoms with Crippen LogP contribution in [0.2, 0.25) is 0 Å². The number of carbonyl (C=O) groups excluding carboxylic acids is 1. The fourth-order valence-corrected chi connectivity index (χ4v) is 13.8. The fraction of sp³-hybridized carbons (Fsp3) is 0.938. The van der Waals surface area contributed by atoms with Gasteiger partial charge in [0.2, 0.25) is 0 Å². The second kappa shape index (κ2) is 20.0. The Morgan fingerprint density at radius 1 is 0.681 bits per heavy atom. The maximum absolute atomic E-state index is 12.8. The van der Waals surface area contributed by atoms with Crippen molar-refractivity contribution in [2.45, 2.75) is 239 Å². The molecule has 7 fully saturated rings. The van der Waals surface area contributed by atoms with Crippen molar-refractivity contribution in [3.8, 4) is 0 Å². The average molecular weight is 991 g/mol. The van der Waals surface area contributed by atoms with Crippen LogP contribution >= 0.6 is 0 Å². The van der Waals surface area contributed by atoms with E-state index < -0.39 is 163 Å². The largest absolute Gasteiger partial charge is 0.394 e. The van der Waals surface area contributed by atoms with Crippen molar-refractivity contribution in [1.29, 1.82) is 0 Å². The summed E-state index contributed by atoms with van der Waals surface area (Å²) in [6.07, 6.45) is -14.9. The first-order valence-electron chi connectivity index (χ1n) is 24.7. The van der Waals surface area contributed by atoms with Crippen molar-refractivity contribution < 1.29 is 103 Å². The van der Waals surface area contributed by atoms with E-state index in [0.29, 0.717) is 25.7 Å². The number of aliphatic hydroxyl groups excluding tert-OH is 6. The third-order valence-electron chi connectivity index (χ3n) is 18.1. The molecule has 0 aromatic carbocycles. The highest BCUT2D eigenvalue weighted by Crippen LogP contribution is 2.70. The number of Topliss-reactive ketones (excluding diaryl/α,β-unsaturated/α-hetero) is 1. The predicted molar refractivity (Wildman–Crippen MR) is 236 cm³/mol. The Bertz CT molecular complexity index is 1840. The molecule has 0 amide bonds. The number of ether oxygens (including phenoxy) is 11. The summed E-state index contributed by atoms with van der Waals surface area (Å²) in [4.78, 5) is 12.8. The summed E-state index contributed by atoms with van der Waals surface area (Å²) in [6.45, 7) is 9.56. The van der Waals surface area contributed by atoms with Gasteiger partial charge in [0.25, 0.3) is 0 Å². The first-order valence-corrected chi connectivity index (χ1v) is 24.7.